The van der Waals surface area contributed by atoms with E-state index in [1.165, 1.54) is 0 Å². The van der Waals surface area contributed by atoms with E-state index in [1.807, 2.05) is 19.1 Å². The molecule has 0 aliphatic rings. The van der Waals surface area contributed by atoms with Gasteiger partial charge in [0.25, 0.3) is 0 Å². The number of hydrazine groups is 3. The Hall–Kier alpha value is 0.190. The van der Waals surface area contributed by atoms with Crippen molar-refractivity contribution in [2.24, 2.45) is 0 Å². The van der Waals surface area contributed by atoms with Gasteiger partial charge in [-0.2, -0.15) is 23.7 Å². The van der Waals surface area contributed by atoms with E-state index in [1.54, 1.807) is 0 Å². The van der Waals surface area contributed by atoms with Crippen molar-refractivity contribution in [1.82, 2.24) is 21.5 Å². The summed E-state index contributed by atoms with van der Waals surface area (Å²) in [5.41, 5.74) is 8.56. The Morgan fingerprint density at radius 3 is 2.42 bits per heavy atom. The van der Waals surface area contributed by atoms with Gasteiger partial charge in [0.2, 0.25) is 0 Å². The van der Waals surface area contributed by atoms with Crippen LogP contribution < -0.4 is 16.5 Å². The van der Waals surface area contributed by atoms with Gasteiger partial charge in [-0.25, -0.2) is 10.4 Å². The maximum absolute atomic E-state index is 4.33. The molecule has 0 aliphatic heterocycles. The van der Waals surface area contributed by atoms with E-state index in [2.05, 4.69) is 43.0 Å². The third-order valence-electron chi connectivity index (χ3n) is 1.70. The smallest absolute Gasteiger partial charge is 0.0236 e. The first-order chi connectivity index (χ1) is 5.57. The molecule has 0 heterocycles. The Bertz CT molecular complexity index is 110. The van der Waals surface area contributed by atoms with Gasteiger partial charge in [-0.1, -0.05) is 6.92 Å². The number of nitrogens with zero attached hydrogens (tertiary/aromatic N) is 1. The Morgan fingerprint density at radius 2 is 2.00 bits per heavy atom. The van der Waals surface area contributed by atoms with Crippen molar-refractivity contribution in [2.75, 3.05) is 14.1 Å². The van der Waals surface area contributed by atoms with Crippen LogP contribution in [0, 0.1) is 0 Å². The molecule has 0 saturated carbocycles. The zero-order chi connectivity index (χ0) is 9.56. The molecule has 74 valence electrons. The van der Waals surface area contributed by atoms with Gasteiger partial charge in [0, 0.05) is 18.3 Å². The van der Waals surface area contributed by atoms with Crippen molar-refractivity contribution in [3.05, 3.63) is 0 Å². The van der Waals surface area contributed by atoms with Crippen molar-refractivity contribution >= 4 is 12.6 Å². The third-order valence-corrected chi connectivity index (χ3v) is 1.91. The van der Waals surface area contributed by atoms with Gasteiger partial charge in [-0.3, -0.25) is 0 Å². The second-order valence-electron chi connectivity index (χ2n) is 3.03. The van der Waals surface area contributed by atoms with Crippen LogP contribution in [0.5, 0.6) is 0 Å². The summed E-state index contributed by atoms with van der Waals surface area (Å²) in [5.74, 6) is 0. The summed E-state index contributed by atoms with van der Waals surface area (Å²) in [7, 11) is 3.80. The van der Waals surface area contributed by atoms with Crippen molar-refractivity contribution < 1.29 is 0 Å². The van der Waals surface area contributed by atoms with Crippen molar-refractivity contribution in [3.8, 4) is 0 Å². The van der Waals surface area contributed by atoms with Crippen molar-refractivity contribution in [3.63, 3.8) is 0 Å². The average molecular weight is 192 g/mol. The van der Waals surface area contributed by atoms with Crippen LogP contribution in [0.25, 0.3) is 0 Å². The van der Waals surface area contributed by atoms with E-state index >= 15 is 0 Å². The average Bonchev–Trinajstić information content (AvgIpc) is 1.98. The topological polar surface area (TPSA) is 39.3 Å². The van der Waals surface area contributed by atoms with Crippen LogP contribution >= 0.6 is 12.6 Å². The number of hydrogen-bond donors (Lipinski definition) is 4. The highest BCUT2D eigenvalue weighted by atomic mass is 32.1. The molecule has 0 aromatic rings. The molecule has 3 N–H and O–H groups in total. The van der Waals surface area contributed by atoms with Gasteiger partial charge in [-0.05, 0) is 20.4 Å². The fraction of sp³-hybridized carbons (Fsp3) is 1.00. The van der Waals surface area contributed by atoms with Crippen LogP contribution in [0.3, 0.4) is 0 Å². The van der Waals surface area contributed by atoms with Gasteiger partial charge in [0.1, 0.15) is 0 Å². The molecule has 0 radical (unpaired) electrons. The maximum atomic E-state index is 4.33. The molecule has 2 unspecified atom stereocenters. The lowest BCUT2D eigenvalue weighted by Crippen LogP contribution is -2.53. The van der Waals surface area contributed by atoms with E-state index in [-0.39, 0.29) is 0 Å². The summed E-state index contributed by atoms with van der Waals surface area (Å²) in [6.45, 7) is 4.25. The predicted molar refractivity (Wildman–Crippen MR) is 55.6 cm³/mol. The van der Waals surface area contributed by atoms with Crippen LogP contribution in [0.1, 0.15) is 20.3 Å². The highest BCUT2D eigenvalue weighted by Crippen LogP contribution is 2.06. The SMILES string of the molecule is CNNNN(C)C(C)CC(C)S. The fourth-order valence-corrected chi connectivity index (χ4v) is 1.21. The second kappa shape index (κ2) is 6.68. The van der Waals surface area contributed by atoms with Gasteiger partial charge in [0.15, 0.2) is 0 Å². The molecule has 0 amide bonds. The molecule has 0 aromatic heterocycles. The molecule has 0 spiro atoms. The van der Waals surface area contributed by atoms with E-state index in [0.29, 0.717) is 11.3 Å². The van der Waals surface area contributed by atoms with E-state index < -0.39 is 0 Å². The molecule has 0 rings (SSSR count). The molecule has 0 aliphatic carbocycles. The number of thiol groups is 1. The Balaban J connectivity index is 3.53. The molecule has 12 heavy (non-hydrogen) atoms. The number of nitrogens with one attached hydrogen (secondary N) is 3. The zero-order valence-corrected chi connectivity index (χ0v) is 9.15. The minimum atomic E-state index is 0.429. The Kier molecular flexibility index (Phi) is 6.78. The van der Waals surface area contributed by atoms with Crippen LogP contribution in [0.15, 0.2) is 0 Å². The molecule has 0 aromatic carbocycles. The fourth-order valence-electron chi connectivity index (χ4n) is 0.906. The lowest BCUT2D eigenvalue weighted by atomic mass is 10.2. The number of rotatable bonds is 6. The van der Waals surface area contributed by atoms with Gasteiger partial charge >= 0.3 is 0 Å². The third kappa shape index (κ3) is 5.79. The summed E-state index contributed by atoms with van der Waals surface area (Å²) in [6.07, 6.45) is 1.05. The summed E-state index contributed by atoms with van der Waals surface area (Å²) in [5, 5.41) is 2.43. The lowest BCUT2D eigenvalue weighted by molar-refractivity contribution is 0.123. The van der Waals surface area contributed by atoms with Crippen molar-refractivity contribution in [1.29, 1.82) is 0 Å². The van der Waals surface area contributed by atoms with E-state index in [9.17, 15) is 0 Å². The van der Waals surface area contributed by atoms with Crippen molar-refractivity contribution in [2.45, 2.75) is 31.6 Å². The molecular formula is C7H20N4S. The molecule has 2 atom stereocenters. The van der Waals surface area contributed by atoms with Gasteiger partial charge < -0.3 is 0 Å². The predicted octanol–water partition coefficient (Wildman–Crippen LogP) is 0.159. The lowest BCUT2D eigenvalue weighted by Gasteiger charge is -2.26. The van der Waals surface area contributed by atoms with Crippen LogP contribution in [0.2, 0.25) is 0 Å². The monoisotopic (exact) mass is 192 g/mol. The first kappa shape index (κ1) is 12.2. The van der Waals surface area contributed by atoms with Crippen LogP contribution in [-0.2, 0) is 0 Å². The highest BCUT2D eigenvalue weighted by Gasteiger charge is 2.09. The number of hydrogen-bond acceptors (Lipinski definition) is 5. The first-order valence-electron chi connectivity index (χ1n) is 4.16. The molecule has 0 fully saturated rings. The first-order valence-corrected chi connectivity index (χ1v) is 4.67. The van der Waals surface area contributed by atoms with Gasteiger partial charge in [-0.15, -0.1) is 0 Å². The summed E-state index contributed by atoms with van der Waals surface area (Å²) in [6, 6.07) is 0.457. The Labute approximate surface area is 80.4 Å². The Morgan fingerprint density at radius 1 is 1.42 bits per heavy atom. The highest BCUT2D eigenvalue weighted by molar-refractivity contribution is 7.80. The summed E-state index contributed by atoms with van der Waals surface area (Å²) in [4.78, 5) is 0. The zero-order valence-electron chi connectivity index (χ0n) is 8.26. The quantitative estimate of drug-likeness (QED) is 0.357. The van der Waals surface area contributed by atoms with Crippen LogP contribution in [0.4, 0.5) is 0 Å². The molecular weight excluding hydrogens is 172 g/mol. The molecule has 5 heteroatoms. The summed E-state index contributed by atoms with van der Waals surface area (Å²) < 4.78 is 0. The van der Waals surface area contributed by atoms with Gasteiger partial charge in [0.05, 0.1) is 0 Å². The molecule has 0 saturated heterocycles. The summed E-state index contributed by atoms with van der Waals surface area (Å²) >= 11 is 4.33. The standard InChI is InChI=1S/C7H20N4S/c1-6(5-7(2)12)11(4)10-9-8-3/h6-10,12H,5H2,1-4H3. The minimum Gasteiger partial charge on any atom is -0.246 e. The minimum absolute atomic E-state index is 0.429. The normalized spacial score (nSPS) is 16.5. The maximum Gasteiger partial charge on any atom is 0.0236 e. The second-order valence-corrected chi connectivity index (χ2v) is 3.91. The van der Waals surface area contributed by atoms with E-state index in [0.717, 1.165) is 6.42 Å². The molecule has 4 nitrogen and oxygen atoms in total. The van der Waals surface area contributed by atoms with E-state index in [4.69, 9.17) is 0 Å². The molecule has 0 bridgehead atoms. The van der Waals surface area contributed by atoms with Crippen LogP contribution in [-0.4, -0.2) is 30.4 Å². The largest absolute Gasteiger partial charge is 0.246 e.